The maximum Gasteiger partial charge on any atom is 0.265 e. The van der Waals surface area contributed by atoms with Crippen LogP contribution in [0.5, 0.6) is 5.75 Å². The molecule has 2 atom stereocenters. The molecule has 0 aliphatic carbocycles. The number of carbonyl (C=O) groups excluding carboxylic acids is 1. The molecule has 3 nitrogen and oxygen atoms in total. The molecule has 128 valence electrons. The van der Waals surface area contributed by atoms with Gasteiger partial charge in [0.05, 0.1) is 0 Å². The zero-order chi connectivity index (χ0) is 17.7. The molecule has 2 unspecified atom stereocenters. The second-order valence-corrected chi connectivity index (χ2v) is 6.53. The molecule has 2 aromatic carbocycles. The lowest BCUT2D eigenvalue weighted by Gasteiger charge is -2.17. The Kier molecular flexibility index (Phi) is 6.27. The van der Waals surface area contributed by atoms with Crippen LogP contribution in [0.15, 0.2) is 42.5 Å². The molecule has 2 aromatic rings. The van der Waals surface area contributed by atoms with Crippen LogP contribution in [-0.2, 0) is 4.79 Å². The predicted molar refractivity (Wildman–Crippen MR) is 100 cm³/mol. The Morgan fingerprint density at radius 1 is 1.17 bits per heavy atom. The van der Waals surface area contributed by atoms with Crippen LogP contribution in [-0.4, -0.2) is 12.0 Å². The van der Waals surface area contributed by atoms with Crippen molar-refractivity contribution in [1.82, 2.24) is 0 Å². The molecule has 0 spiro atoms. The molecule has 0 bridgehead atoms. The van der Waals surface area contributed by atoms with Crippen molar-refractivity contribution in [2.75, 3.05) is 5.32 Å². The second-order valence-electron chi connectivity index (χ2n) is 6.09. The van der Waals surface area contributed by atoms with E-state index in [1.165, 1.54) is 5.56 Å². The molecule has 0 saturated carbocycles. The van der Waals surface area contributed by atoms with Crippen molar-refractivity contribution < 1.29 is 9.53 Å². The number of amides is 1. The van der Waals surface area contributed by atoms with Crippen LogP contribution in [0, 0.1) is 6.92 Å². The van der Waals surface area contributed by atoms with E-state index in [-0.39, 0.29) is 5.91 Å². The van der Waals surface area contributed by atoms with Crippen molar-refractivity contribution in [3.05, 3.63) is 58.6 Å². The summed E-state index contributed by atoms with van der Waals surface area (Å²) in [5, 5.41) is 3.54. The van der Waals surface area contributed by atoms with Crippen molar-refractivity contribution in [2.24, 2.45) is 0 Å². The van der Waals surface area contributed by atoms with E-state index in [0.29, 0.717) is 16.7 Å². The van der Waals surface area contributed by atoms with Gasteiger partial charge in [-0.15, -0.1) is 0 Å². The van der Waals surface area contributed by atoms with Gasteiger partial charge in [0.1, 0.15) is 5.75 Å². The van der Waals surface area contributed by atoms with E-state index < -0.39 is 6.10 Å². The molecule has 1 amide bonds. The number of anilines is 1. The first-order valence-corrected chi connectivity index (χ1v) is 8.62. The minimum Gasteiger partial charge on any atom is -0.481 e. The zero-order valence-corrected chi connectivity index (χ0v) is 15.4. The van der Waals surface area contributed by atoms with Gasteiger partial charge in [-0.05, 0) is 67.6 Å². The smallest absolute Gasteiger partial charge is 0.265 e. The zero-order valence-electron chi connectivity index (χ0n) is 14.6. The minimum absolute atomic E-state index is 0.180. The van der Waals surface area contributed by atoms with Gasteiger partial charge in [0.15, 0.2) is 6.10 Å². The molecule has 0 aliphatic heterocycles. The Balaban J connectivity index is 1.98. The van der Waals surface area contributed by atoms with E-state index in [4.69, 9.17) is 16.3 Å². The summed E-state index contributed by atoms with van der Waals surface area (Å²) in [7, 11) is 0. The summed E-state index contributed by atoms with van der Waals surface area (Å²) >= 11 is 5.93. The molecule has 0 aromatic heterocycles. The summed E-state index contributed by atoms with van der Waals surface area (Å²) < 4.78 is 5.74. The topological polar surface area (TPSA) is 38.3 Å². The largest absolute Gasteiger partial charge is 0.481 e. The third kappa shape index (κ3) is 4.75. The van der Waals surface area contributed by atoms with Crippen LogP contribution in [0.3, 0.4) is 0 Å². The SMILES string of the molecule is CCC(C)c1ccc(NC(=O)C(C)Oc2ccc(Cl)cc2C)cc1. The number of hydrogen-bond donors (Lipinski definition) is 1. The highest BCUT2D eigenvalue weighted by atomic mass is 35.5. The van der Waals surface area contributed by atoms with Gasteiger partial charge in [-0.2, -0.15) is 0 Å². The van der Waals surface area contributed by atoms with E-state index in [9.17, 15) is 4.79 Å². The fraction of sp³-hybridized carbons (Fsp3) is 0.350. The quantitative estimate of drug-likeness (QED) is 0.743. The Hall–Kier alpha value is -2.00. The maximum atomic E-state index is 12.3. The molecule has 4 heteroatoms. The van der Waals surface area contributed by atoms with Gasteiger partial charge < -0.3 is 10.1 Å². The molecule has 0 radical (unpaired) electrons. The van der Waals surface area contributed by atoms with Gasteiger partial charge >= 0.3 is 0 Å². The number of nitrogens with one attached hydrogen (secondary N) is 1. The van der Waals surface area contributed by atoms with Crippen LogP contribution in [0.1, 0.15) is 44.2 Å². The van der Waals surface area contributed by atoms with Crippen LogP contribution in [0.25, 0.3) is 0 Å². The van der Waals surface area contributed by atoms with Crippen molar-refractivity contribution >= 4 is 23.2 Å². The summed E-state index contributed by atoms with van der Waals surface area (Å²) in [5.74, 6) is 1.000. The van der Waals surface area contributed by atoms with Crippen molar-refractivity contribution in [3.8, 4) is 5.75 Å². The Labute approximate surface area is 149 Å². The van der Waals surface area contributed by atoms with Gasteiger partial charge in [0.2, 0.25) is 0 Å². The predicted octanol–water partition coefficient (Wildman–Crippen LogP) is 5.57. The first-order valence-electron chi connectivity index (χ1n) is 8.24. The highest BCUT2D eigenvalue weighted by Gasteiger charge is 2.16. The lowest BCUT2D eigenvalue weighted by atomic mass is 9.99. The van der Waals surface area contributed by atoms with E-state index >= 15 is 0 Å². The fourth-order valence-electron chi connectivity index (χ4n) is 2.36. The van der Waals surface area contributed by atoms with Crippen LogP contribution in [0.4, 0.5) is 5.69 Å². The van der Waals surface area contributed by atoms with Crippen molar-refractivity contribution in [2.45, 2.75) is 46.1 Å². The van der Waals surface area contributed by atoms with E-state index in [1.807, 2.05) is 25.1 Å². The van der Waals surface area contributed by atoms with E-state index in [0.717, 1.165) is 17.7 Å². The van der Waals surface area contributed by atoms with Gasteiger partial charge in [0, 0.05) is 10.7 Å². The minimum atomic E-state index is -0.598. The fourth-order valence-corrected chi connectivity index (χ4v) is 2.59. The summed E-state index contributed by atoms with van der Waals surface area (Å²) in [6.07, 6.45) is 0.496. The third-order valence-electron chi connectivity index (χ3n) is 4.17. The summed E-state index contributed by atoms with van der Waals surface area (Å²) in [4.78, 5) is 12.3. The normalized spacial score (nSPS) is 13.2. The second kappa shape index (κ2) is 8.20. The average molecular weight is 346 g/mol. The van der Waals surface area contributed by atoms with Crippen LogP contribution in [0.2, 0.25) is 5.02 Å². The molecule has 24 heavy (non-hydrogen) atoms. The number of aryl methyl sites for hydroxylation is 1. The van der Waals surface area contributed by atoms with E-state index in [1.54, 1.807) is 19.1 Å². The van der Waals surface area contributed by atoms with Gasteiger partial charge in [-0.25, -0.2) is 0 Å². The van der Waals surface area contributed by atoms with E-state index in [2.05, 4.69) is 31.3 Å². The number of hydrogen-bond acceptors (Lipinski definition) is 2. The monoisotopic (exact) mass is 345 g/mol. The molecular weight excluding hydrogens is 322 g/mol. The lowest BCUT2D eigenvalue weighted by Crippen LogP contribution is -2.30. The number of carbonyl (C=O) groups is 1. The van der Waals surface area contributed by atoms with Gasteiger partial charge in [-0.3, -0.25) is 4.79 Å². The van der Waals surface area contributed by atoms with Crippen molar-refractivity contribution in [1.29, 1.82) is 0 Å². The number of ether oxygens (including phenoxy) is 1. The highest BCUT2D eigenvalue weighted by molar-refractivity contribution is 6.30. The number of benzene rings is 2. The molecule has 1 N–H and O–H groups in total. The molecule has 2 rings (SSSR count). The third-order valence-corrected chi connectivity index (χ3v) is 4.40. The first kappa shape index (κ1) is 18.3. The standard InChI is InChI=1S/C20H24ClNO2/c1-5-13(2)16-6-9-18(10-7-16)22-20(23)15(4)24-19-11-8-17(21)12-14(19)3/h6-13,15H,5H2,1-4H3,(H,22,23). The molecular formula is C20H24ClNO2. The van der Waals surface area contributed by atoms with Crippen molar-refractivity contribution in [3.63, 3.8) is 0 Å². The Morgan fingerprint density at radius 3 is 2.42 bits per heavy atom. The molecule has 0 aliphatic rings. The average Bonchev–Trinajstić information content (AvgIpc) is 2.57. The summed E-state index contributed by atoms with van der Waals surface area (Å²) in [6, 6.07) is 13.3. The summed E-state index contributed by atoms with van der Waals surface area (Å²) in [5.41, 5.74) is 2.95. The van der Waals surface area contributed by atoms with Crippen LogP contribution < -0.4 is 10.1 Å². The highest BCUT2D eigenvalue weighted by Crippen LogP contribution is 2.24. The van der Waals surface area contributed by atoms with Crippen LogP contribution >= 0.6 is 11.6 Å². The molecule has 0 heterocycles. The van der Waals surface area contributed by atoms with Gasteiger partial charge in [-0.1, -0.05) is 37.6 Å². The summed E-state index contributed by atoms with van der Waals surface area (Å²) in [6.45, 7) is 7.99. The molecule has 0 saturated heterocycles. The first-order chi connectivity index (χ1) is 11.4. The number of halogens is 1. The van der Waals surface area contributed by atoms with Gasteiger partial charge in [0.25, 0.3) is 5.91 Å². The lowest BCUT2D eigenvalue weighted by molar-refractivity contribution is -0.122. The maximum absolute atomic E-state index is 12.3. The molecule has 0 fully saturated rings. The number of rotatable bonds is 6. The Bertz CT molecular complexity index is 697. The Morgan fingerprint density at radius 2 is 1.83 bits per heavy atom.